The Morgan fingerprint density at radius 3 is 2.60 bits per heavy atom. The number of amides is 1. The van der Waals surface area contributed by atoms with Gasteiger partial charge in [0.05, 0.1) is 11.4 Å². The number of hydrogen-bond donors (Lipinski definition) is 1. The zero-order valence-corrected chi connectivity index (χ0v) is 14.2. The van der Waals surface area contributed by atoms with Crippen LogP contribution in [0, 0.1) is 5.92 Å². The van der Waals surface area contributed by atoms with Crippen LogP contribution in [0.3, 0.4) is 0 Å². The van der Waals surface area contributed by atoms with Crippen LogP contribution >= 0.6 is 15.9 Å². The maximum atomic E-state index is 12.3. The highest BCUT2D eigenvalue weighted by Crippen LogP contribution is 2.18. The van der Waals surface area contributed by atoms with E-state index in [2.05, 4.69) is 21.2 Å². The van der Waals surface area contributed by atoms with E-state index in [1.807, 2.05) is 13.8 Å². The molecule has 0 aromatic heterocycles. The van der Waals surface area contributed by atoms with E-state index in [4.69, 9.17) is 0 Å². The van der Waals surface area contributed by atoms with Crippen LogP contribution in [-0.2, 0) is 14.8 Å². The Labute approximate surface area is 128 Å². The summed E-state index contributed by atoms with van der Waals surface area (Å²) in [7, 11) is -2.26. The number of likely N-dealkylation sites (N-methyl/N-ethyl adjacent to an activating group) is 1. The van der Waals surface area contributed by atoms with Gasteiger partial charge in [-0.05, 0) is 24.1 Å². The molecule has 0 aliphatic heterocycles. The highest BCUT2D eigenvalue weighted by molar-refractivity contribution is 9.10. The van der Waals surface area contributed by atoms with Gasteiger partial charge in [0.15, 0.2) is 0 Å². The molecule has 0 fully saturated rings. The molecule has 0 saturated carbocycles. The Kier molecular flexibility index (Phi) is 6.16. The van der Waals surface area contributed by atoms with Gasteiger partial charge in [0, 0.05) is 18.1 Å². The first-order valence-electron chi connectivity index (χ1n) is 6.22. The molecule has 7 heteroatoms. The van der Waals surface area contributed by atoms with Crippen molar-refractivity contribution in [2.75, 3.05) is 20.1 Å². The molecule has 0 unspecified atom stereocenters. The average Bonchev–Trinajstić information content (AvgIpc) is 2.36. The molecule has 0 bridgehead atoms. The molecule has 0 radical (unpaired) electrons. The van der Waals surface area contributed by atoms with Crippen molar-refractivity contribution in [3.63, 3.8) is 0 Å². The smallest absolute Gasteiger partial charge is 0.243 e. The first-order chi connectivity index (χ1) is 9.23. The first-order valence-corrected chi connectivity index (χ1v) is 8.45. The van der Waals surface area contributed by atoms with Crippen molar-refractivity contribution < 1.29 is 13.2 Å². The molecular weight excluding hydrogens is 344 g/mol. The Balaban J connectivity index is 2.75. The summed E-state index contributed by atoms with van der Waals surface area (Å²) in [5.74, 6) is 0.0192. The molecule has 112 valence electrons. The average molecular weight is 363 g/mol. The van der Waals surface area contributed by atoms with Crippen LogP contribution in [-0.4, -0.2) is 38.8 Å². The van der Waals surface area contributed by atoms with E-state index in [1.54, 1.807) is 12.1 Å². The Morgan fingerprint density at radius 2 is 2.05 bits per heavy atom. The summed E-state index contributed by atoms with van der Waals surface area (Å²) in [5, 5.41) is 2.69. The van der Waals surface area contributed by atoms with Gasteiger partial charge in [-0.25, -0.2) is 8.42 Å². The van der Waals surface area contributed by atoms with Crippen molar-refractivity contribution in [1.29, 1.82) is 0 Å². The Bertz CT molecular complexity index is 573. The van der Waals surface area contributed by atoms with Crippen LogP contribution in [0.2, 0.25) is 0 Å². The zero-order valence-electron chi connectivity index (χ0n) is 11.8. The van der Waals surface area contributed by atoms with Gasteiger partial charge in [0.1, 0.15) is 0 Å². The number of hydrogen-bond acceptors (Lipinski definition) is 3. The molecule has 1 amide bonds. The Morgan fingerprint density at radius 1 is 1.40 bits per heavy atom. The molecule has 0 saturated heterocycles. The van der Waals surface area contributed by atoms with Crippen LogP contribution in [0.1, 0.15) is 13.8 Å². The molecule has 0 spiro atoms. The predicted octanol–water partition coefficient (Wildman–Crippen LogP) is 1.84. The minimum Gasteiger partial charge on any atom is -0.355 e. The molecule has 0 heterocycles. The molecule has 5 nitrogen and oxygen atoms in total. The third-order valence-electron chi connectivity index (χ3n) is 2.58. The summed E-state index contributed by atoms with van der Waals surface area (Å²) in [6, 6.07) is 6.40. The maximum absolute atomic E-state index is 12.3. The Hall–Kier alpha value is -0.920. The molecule has 1 aromatic carbocycles. The van der Waals surface area contributed by atoms with Crippen LogP contribution < -0.4 is 5.32 Å². The minimum absolute atomic E-state index is 0.158. The second kappa shape index (κ2) is 7.19. The van der Waals surface area contributed by atoms with Crippen LogP contribution in [0.5, 0.6) is 0 Å². The lowest BCUT2D eigenvalue weighted by Crippen LogP contribution is -2.39. The topological polar surface area (TPSA) is 66.5 Å². The van der Waals surface area contributed by atoms with Gasteiger partial charge in [-0.2, -0.15) is 4.31 Å². The molecule has 1 aromatic rings. The van der Waals surface area contributed by atoms with E-state index < -0.39 is 10.0 Å². The van der Waals surface area contributed by atoms with Gasteiger partial charge in [-0.1, -0.05) is 35.8 Å². The summed E-state index contributed by atoms with van der Waals surface area (Å²) < 4.78 is 26.3. The van der Waals surface area contributed by atoms with E-state index in [0.717, 1.165) is 4.31 Å². The number of halogens is 1. The predicted molar refractivity (Wildman–Crippen MR) is 81.8 cm³/mol. The number of carbonyl (C=O) groups is 1. The van der Waals surface area contributed by atoms with Gasteiger partial charge in [-0.3, -0.25) is 4.79 Å². The van der Waals surface area contributed by atoms with Gasteiger partial charge >= 0.3 is 0 Å². The van der Waals surface area contributed by atoms with Crippen molar-refractivity contribution in [3.05, 3.63) is 28.7 Å². The summed E-state index contributed by atoms with van der Waals surface area (Å²) >= 11 is 3.23. The largest absolute Gasteiger partial charge is 0.355 e. The van der Waals surface area contributed by atoms with E-state index in [0.29, 0.717) is 16.9 Å². The van der Waals surface area contributed by atoms with Crippen molar-refractivity contribution in [1.82, 2.24) is 9.62 Å². The van der Waals surface area contributed by atoms with Crippen LogP contribution in [0.25, 0.3) is 0 Å². The highest BCUT2D eigenvalue weighted by Gasteiger charge is 2.22. The molecule has 1 rings (SSSR count). The van der Waals surface area contributed by atoms with Crippen molar-refractivity contribution >= 4 is 31.9 Å². The van der Waals surface area contributed by atoms with E-state index in [-0.39, 0.29) is 17.3 Å². The van der Waals surface area contributed by atoms with E-state index in [1.165, 1.54) is 19.2 Å². The fraction of sp³-hybridized carbons (Fsp3) is 0.462. The lowest BCUT2D eigenvalue weighted by molar-refractivity contribution is -0.121. The van der Waals surface area contributed by atoms with Crippen LogP contribution in [0.4, 0.5) is 0 Å². The third-order valence-corrected chi connectivity index (χ3v) is 4.87. The molecule has 20 heavy (non-hydrogen) atoms. The standard InChI is InChI=1S/C13H19BrN2O3S/c1-10(2)8-15-13(17)9-16(3)20(18,19)12-6-4-5-11(14)7-12/h4-7,10H,8-9H2,1-3H3,(H,15,17). The van der Waals surface area contributed by atoms with E-state index >= 15 is 0 Å². The number of sulfonamides is 1. The molecule has 1 N–H and O–H groups in total. The van der Waals surface area contributed by atoms with Gasteiger partial charge in [-0.15, -0.1) is 0 Å². The SMILES string of the molecule is CC(C)CNC(=O)CN(C)S(=O)(=O)c1cccc(Br)c1. The first kappa shape index (κ1) is 17.1. The van der Waals surface area contributed by atoms with Gasteiger partial charge in [0.25, 0.3) is 0 Å². The number of benzene rings is 1. The van der Waals surface area contributed by atoms with Crippen molar-refractivity contribution in [3.8, 4) is 0 Å². The normalized spacial score (nSPS) is 11.9. The third kappa shape index (κ3) is 4.88. The second-order valence-electron chi connectivity index (χ2n) is 4.92. The van der Waals surface area contributed by atoms with Gasteiger partial charge < -0.3 is 5.32 Å². The minimum atomic E-state index is -3.65. The van der Waals surface area contributed by atoms with E-state index in [9.17, 15) is 13.2 Å². The zero-order chi connectivity index (χ0) is 15.3. The van der Waals surface area contributed by atoms with Gasteiger partial charge in [0.2, 0.25) is 15.9 Å². The lowest BCUT2D eigenvalue weighted by atomic mass is 10.2. The maximum Gasteiger partial charge on any atom is 0.243 e. The number of nitrogens with one attached hydrogen (secondary N) is 1. The number of carbonyl (C=O) groups excluding carboxylic acids is 1. The number of nitrogens with zero attached hydrogens (tertiary/aromatic N) is 1. The van der Waals surface area contributed by atoms with Crippen molar-refractivity contribution in [2.45, 2.75) is 18.7 Å². The monoisotopic (exact) mass is 362 g/mol. The summed E-state index contributed by atoms with van der Waals surface area (Å²) in [6.07, 6.45) is 0. The summed E-state index contributed by atoms with van der Waals surface area (Å²) in [4.78, 5) is 11.8. The summed E-state index contributed by atoms with van der Waals surface area (Å²) in [5.41, 5.74) is 0. The number of rotatable bonds is 6. The molecule has 0 atom stereocenters. The molecular formula is C13H19BrN2O3S. The fourth-order valence-electron chi connectivity index (χ4n) is 1.47. The lowest BCUT2D eigenvalue weighted by Gasteiger charge is -2.17. The van der Waals surface area contributed by atoms with Crippen molar-refractivity contribution in [2.24, 2.45) is 5.92 Å². The fourth-order valence-corrected chi connectivity index (χ4v) is 3.19. The summed E-state index contributed by atoms with van der Waals surface area (Å²) in [6.45, 7) is 4.29. The second-order valence-corrected chi connectivity index (χ2v) is 7.88. The molecule has 0 aliphatic rings. The van der Waals surface area contributed by atoms with Crippen LogP contribution in [0.15, 0.2) is 33.6 Å². The highest BCUT2D eigenvalue weighted by atomic mass is 79.9. The molecule has 0 aliphatic carbocycles. The quantitative estimate of drug-likeness (QED) is 0.839.